The number of carbonyl (C=O) groups excluding carboxylic acids is 1. The summed E-state index contributed by atoms with van der Waals surface area (Å²) in [6.45, 7) is 3.25. The van der Waals surface area contributed by atoms with E-state index >= 15 is 0 Å². The van der Waals surface area contributed by atoms with Crippen molar-refractivity contribution in [2.24, 2.45) is 5.92 Å². The normalized spacial score (nSPS) is 15.7. The first-order chi connectivity index (χ1) is 10.2. The summed E-state index contributed by atoms with van der Waals surface area (Å²) in [5.41, 5.74) is 0.0637. The van der Waals surface area contributed by atoms with Crippen LogP contribution in [0.3, 0.4) is 0 Å². The molecule has 0 saturated carbocycles. The SMILES string of the molecule is CCCNc1nccc(C(=O)NCC2CCSCC2)c1F. The van der Waals surface area contributed by atoms with Gasteiger partial charge in [-0.3, -0.25) is 4.79 Å². The van der Waals surface area contributed by atoms with Gasteiger partial charge in [0.1, 0.15) is 0 Å². The fraction of sp³-hybridized carbons (Fsp3) is 0.600. The molecule has 2 heterocycles. The number of carbonyl (C=O) groups is 1. The Kier molecular flexibility index (Phi) is 6.29. The molecule has 0 atom stereocenters. The van der Waals surface area contributed by atoms with E-state index in [0.29, 0.717) is 19.0 Å². The maximum Gasteiger partial charge on any atom is 0.254 e. The number of anilines is 1. The Labute approximate surface area is 129 Å². The Morgan fingerprint density at radius 1 is 1.48 bits per heavy atom. The number of pyridine rings is 1. The van der Waals surface area contributed by atoms with Gasteiger partial charge in [-0.25, -0.2) is 9.37 Å². The second-order valence-electron chi connectivity index (χ2n) is 5.21. The molecule has 0 unspecified atom stereocenters. The molecule has 1 aromatic rings. The minimum absolute atomic E-state index is 0.0637. The van der Waals surface area contributed by atoms with Gasteiger partial charge in [-0.05, 0) is 42.8 Å². The summed E-state index contributed by atoms with van der Waals surface area (Å²) in [6.07, 6.45) is 4.57. The van der Waals surface area contributed by atoms with Crippen LogP contribution in [0.4, 0.5) is 10.2 Å². The zero-order valence-corrected chi connectivity index (χ0v) is 13.1. The molecule has 1 aromatic heterocycles. The fourth-order valence-corrected chi connectivity index (χ4v) is 3.47. The van der Waals surface area contributed by atoms with Crippen LogP contribution in [0.2, 0.25) is 0 Å². The number of rotatable bonds is 6. The molecule has 1 amide bonds. The van der Waals surface area contributed by atoms with E-state index in [-0.39, 0.29) is 17.3 Å². The van der Waals surface area contributed by atoms with Crippen molar-refractivity contribution < 1.29 is 9.18 Å². The van der Waals surface area contributed by atoms with E-state index in [9.17, 15) is 9.18 Å². The van der Waals surface area contributed by atoms with Crippen LogP contribution in [0.25, 0.3) is 0 Å². The first-order valence-electron chi connectivity index (χ1n) is 7.46. The minimum atomic E-state index is -0.567. The van der Waals surface area contributed by atoms with Crippen LogP contribution in [0.15, 0.2) is 12.3 Å². The molecule has 0 aliphatic carbocycles. The van der Waals surface area contributed by atoms with Crippen molar-refractivity contribution in [3.63, 3.8) is 0 Å². The van der Waals surface area contributed by atoms with E-state index in [2.05, 4.69) is 15.6 Å². The van der Waals surface area contributed by atoms with Gasteiger partial charge in [-0.1, -0.05) is 6.92 Å². The highest BCUT2D eigenvalue weighted by atomic mass is 32.2. The molecule has 4 nitrogen and oxygen atoms in total. The van der Waals surface area contributed by atoms with Gasteiger partial charge >= 0.3 is 0 Å². The molecule has 0 spiro atoms. The van der Waals surface area contributed by atoms with Crippen molar-refractivity contribution in [3.05, 3.63) is 23.6 Å². The fourth-order valence-electron chi connectivity index (χ4n) is 2.27. The van der Waals surface area contributed by atoms with Gasteiger partial charge in [0.05, 0.1) is 5.56 Å². The van der Waals surface area contributed by atoms with Crippen molar-refractivity contribution in [2.45, 2.75) is 26.2 Å². The van der Waals surface area contributed by atoms with Gasteiger partial charge in [-0.2, -0.15) is 11.8 Å². The maximum atomic E-state index is 14.2. The Bertz CT molecular complexity index is 478. The van der Waals surface area contributed by atoms with Crippen molar-refractivity contribution in [1.29, 1.82) is 0 Å². The number of nitrogens with zero attached hydrogens (tertiary/aromatic N) is 1. The quantitative estimate of drug-likeness (QED) is 0.848. The zero-order chi connectivity index (χ0) is 15.1. The van der Waals surface area contributed by atoms with Crippen LogP contribution in [0.1, 0.15) is 36.5 Å². The average molecular weight is 311 g/mol. The molecule has 6 heteroatoms. The van der Waals surface area contributed by atoms with E-state index in [1.807, 2.05) is 18.7 Å². The summed E-state index contributed by atoms with van der Waals surface area (Å²) < 4.78 is 14.2. The molecule has 0 aromatic carbocycles. The smallest absolute Gasteiger partial charge is 0.254 e. The molecule has 116 valence electrons. The summed E-state index contributed by atoms with van der Waals surface area (Å²) >= 11 is 1.95. The highest BCUT2D eigenvalue weighted by Gasteiger charge is 2.18. The summed E-state index contributed by atoms with van der Waals surface area (Å²) in [6, 6.07) is 1.43. The predicted molar refractivity (Wildman–Crippen MR) is 85.4 cm³/mol. The third kappa shape index (κ3) is 4.59. The lowest BCUT2D eigenvalue weighted by molar-refractivity contribution is 0.0942. The van der Waals surface area contributed by atoms with Crippen molar-refractivity contribution >= 4 is 23.5 Å². The first-order valence-corrected chi connectivity index (χ1v) is 8.62. The average Bonchev–Trinajstić information content (AvgIpc) is 2.52. The van der Waals surface area contributed by atoms with Crippen molar-refractivity contribution in [3.8, 4) is 0 Å². The molecule has 1 aliphatic rings. The van der Waals surface area contributed by atoms with Crippen LogP contribution >= 0.6 is 11.8 Å². The van der Waals surface area contributed by atoms with E-state index in [0.717, 1.165) is 30.8 Å². The van der Waals surface area contributed by atoms with Crippen LogP contribution in [-0.4, -0.2) is 35.5 Å². The van der Waals surface area contributed by atoms with Crippen LogP contribution in [0, 0.1) is 11.7 Å². The van der Waals surface area contributed by atoms with Crippen LogP contribution in [0.5, 0.6) is 0 Å². The summed E-state index contributed by atoms with van der Waals surface area (Å²) in [5.74, 6) is 2.04. The standard InChI is InChI=1S/C15H22FN3OS/c1-2-6-17-14-13(16)12(3-7-18-14)15(20)19-10-11-4-8-21-9-5-11/h3,7,11H,2,4-6,8-10H2,1H3,(H,17,18)(H,19,20). The van der Waals surface area contributed by atoms with Crippen LogP contribution in [-0.2, 0) is 0 Å². The Morgan fingerprint density at radius 3 is 2.95 bits per heavy atom. The Balaban J connectivity index is 1.94. The summed E-state index contributed by atoms with van der Waals surface area (Å²) in [5, 5.41) is 5.74. The lowest BCUT2D eigenvalue weighted by atomic mass is 10.0. The topological polar surface area (TPSA) is 54.0 Å². The molecule has 2 rings (SSSR count). The molecule has 1 aliphatic heterocycles. The molecule has 2 N–H and O–H groups in total. The third-order valence-electron chi connectivity index (χ3n) is 3.57. The second-order valence-corrected chi connectivity index (χ2v) is 6.44. The second kappa shape index (κ2) is 8.22. The maximum absolute atomic E-state index is 14.2. The summed E-state index contributed by atoms with van der Waals surface area (Å²) in [7, 11) is 0. The molecule has 0 radical (unpaired) electrons. The number of amides is 1. The van der Waals surface area contributed by atoms with E-state index in [1.165, 1.54) is 12.3 Å². The van der Waals surface area contributed by atoms with E-state index in [4.69, 9.17) is 0 Å². The van der Waals surface area contributed by atoms with Gasteiger partial charge in [0.2, 0.25) is 0 Å². The molecule has 21 heavy (non-hydrogen) atoms. The zero-order valence-electron chi connectivity index (χ0n) is 12.3. The van der Waals surface area contributed by atoms with E-state index < -0.39 is 5.82 Å². The van der Waals surface area contributed by atoms with Gasteiger partial charge in [0.15, 0.2) is 11.6 Å². The molecular formula is C15H22FN3OS. The minimum Gasteiger partial charge on any atom is -0.368 e. The Morgan fingerprint density at radius 2 is 2.24 bits per heavy atom. The first kappa shape index (κ1) is 16.1. The number of nitrogens with one attached hydrogen (secondary N) is 2. The molecule has 1 saturated heterocycles. The summed E-state index contributed by atoms with van der Waals surface area (Å²) in [4.78, 5) is 16.1. The van der Waals surface area contributed by atoms with Crippen LogP contribution < -0.4 is 10.6 Å². The lowest BCUT2D eigenvalue weighted by Crippen LogP contribution is -2.31. The highest BCUT2D eigenvalue weighted by molar-refractivity contribution is 7.99. The van der Waals surface area contributed by atoms with Gasteiger partial charge in [0, 0.05) is 19.3 Å². The molecular weight excluding hydrogens is 289 g/mol. The lowest BCUT2D eigenvalue weighted by Gasteiger charge is -2.21. The number of hydrogen-bond donors (Lipinski definition) is 2. The largest absolute Gasteiger partial charge is 0.368 e. The van der Waals surface area contributed by atoms with Gasteiger partial charge in [-0.15, -0.1) is 0 Å². The monoisotopic (exact) mass is 311 g/mol. The predicted octanol–water partition coefficient (Wildman–Crippen LogP) is 2.92. The number of halogens is 1. The van der Waals surface area contributed by atoms with Crippen molar-refractivity contribution in [2.75, 3.05) is 29.9 Å². The number of hydrogen-bond acceptors (Lipinski definition) is 4. The molecule has 1 fully saturated rings. The van der Waals surface area contributed by atoms with E-state index in [1.54, 1.807) is 0 Å². The van der Waals surface area contributed by atoms with Crippen molar-refractivity contribution in [1.82, 2.24) is 10.3 Å². The number of thioether (sulfide) groups is 1. The third-order valence-corrected chi connectivity index (χ3v) is 4.62. The highest BCUT2D eigenvalue weighted by Crippen LogP contribution is 2.22. The molecule has 0 bridgehead atoms. The Hall–Kier alpha value is -1.30. The number of aromatic nitrogens is 1. The van der Waals surface area contributed by atoms with Gasteiger partial charge < -0.3 is 10.6 Å². The van der Waals surface area contributed by atoms with Gasteiger partial charge in [0.25, 0.3) is 5.91 Å².